The molecule has 1 aliphatic heterocycles. The first-order chi connectivity index (χ1) is 16.6. The standard InChI is InChI=1S/C29H32FNO3/c30-25-12-14-29(27(19-25)28(33)13-11-22-7-3-1-4-8-22)34-21-26(32)20-31-17-15-24(16-18-31)23-9-5-2-6-10-23/h1-10,12,14,19,24,26,32H,11,13,15-18,20-21H2. The molecule has 1 unspecified atom stereocenters. The molecule has 3 aromatic carbocycles. The van der Waals surface area contributed by atoms with Gasteiger partial charge < -0.3 is 14.7 Å². The van der Waals surface area contributed by atoms with E-state index in [1.807, 2.05) is 36.4 Å². The highest BCUT2D eigenvalue weighted by molar-refractivity contribution is 5.98. The van der Waals surface area contributed by atoms with Crippen molar-refractivity contribution in [1.29, 1.82) is 0 Å². The summed E-state index contributed by atoms with van der Waals surface area (Å²) in [6, 6.07) is 24.3. The molecule has 34 heavy (non-hydrogen) atoms. The van der Waals surface area contributed by atoms with Gasteiger partial charge in [-0.25, -0.2) is 4.39 Å². The molecule has 1 aliphatic rings. The average molecular weight is 462 g/mol. The topological polar surface area (TPSA) is 49.8 Å². The van der Waals surface area contributed by atoms with Crippen LogP contribution >= 0.6 is 0 Å². The number of benzene rings is 3. The lowest BCUT2D eigenvalue weighted by Gasteiger charge is -2.33. The lowest BCUT2D eigenvalue weighted by molar-refractivity contribution is 0.0588. The van der Waals surface area contributed by atoms with Crippen LogP contribution in [0.3, 0.4) is 0 Å². The number of piperidine rings is 1. The highest BCUT2D eigenvalue weighted by atomic mass is 19.1. The summed E-state index contributed by atoms with van der Waals surface area (Å²) in [4.78, 5) is 15.0. The molecule has 1 saturated heterocycles. The Balaban J connectivity index is 1.27. The molecule has 3 aromatic rings. The van der Waals surface area contributed by atoms with Gasteiger partial charge >= 0.3 is 0 Å². The predicted octanol–water partition coefficient (Wildman–Crippen LogP) is 5.26. The van der Waals surface area contributed by atoms with Gasteiger partial charge in [0.1, 0.15) is 24.3 Å². The van der Waals surface area contributed by atoms with E-state index < -0.39 is 11.9 Å². The number of rotatable bonds is 10. The van der Waals surface area contributed by atoms with E-state index in [2.05, 4.69) is 29.2 Å². The van der Waals surface area contributed by atoms with E-state index in [0.717, 1.165) is 31.5 Å². The Labute approximate surface area is 201 Å². The lowest BCUT2D eigenvalue weighted by Crippen LogP contribution is -2.40. The Hall–Kier alpha value is -3.02. The monoisotopic (exact) mass is 461 g/mol. The van der Waals surface area contributed by atoms with Gasteiger partial charge in [-0.3, -0.25) is 4.79 Å². The molecule has 0 aliphatic carbocycles. The van der Waals surface area contributed by atoms with E-state index in [4.69, 9.17) is 4.74 Å². The third-order valence-corrected chi connectivity index (χ3v) is 6.48. The number of hydrogen-bond acceptors (Lipinski definition) is 4. The van der Waals surface area contributed by atoms with Crippen LogP contribution in [0.4, 0.5) is 4.39 Å². The van der Waals surface area contributed by atoms with Gasteiger partial charge in [-0.15, -0.1) is 0 Å². The first-order valence-electron chi connectivity index (χ1n) is 12.0. The summed E-state index contributed by atoms with van der Waals surface area (Å²) in [6.45, 7) is 2.43. The molecule has 0 saturated carbocycles. The minimum absolute atomic E-state index is 0.0587. The molecule has 4 nitrogen and oxygen atoms in total. The van der Waals surface area contributed by atoms with E-state index in [1.54, 1.807) is 0 Å². The van der Waals surface area contributed by atoms with E-state index in [0.29, 0.717) is 24.6 Å². The molecule has 0 bridgehead atoms. The number of hydrogen-bond donors (Lipinski definition) is 1. The number of ketones is 1. The fourth-order valence-corrected chi connectivity index (χ4v) is 4.59. The first-order valence-corrected chi connectivity index (χ1v) is 12.0. The van der Waals surface area contributed by atoms with Crippen LogP contribution in [0.25, 0.3) is 0 Å². The Morgan fingerprint density at radius 1 is 1.00 bits per heavy atom. The molecule has 1 heterocycles. The van der Waals surface area contributed by atoms with Crippen LogP contribution in [0.2, 0.25) is 0 Å². The van der Waals surface area contributed by atoms with Crippen LogP contribution in [-0.4, -0.2) is 48.1 Å². The van der Waals surface area contributed by atoms with E-state index in [1.165, 1.54) is 23.8 Å². The van der Waals surface area contributed by atoms with Crippen molar-refractivity contribution in [3.05, 3.63) is 101 Å². The maximum Gasteiger partial charge on any atom is 0.167 e. The number of carbonyl (C=O) groups excluding carboxylic acids is 1. The quantitative estimate of drug-likeness (QED) is 0.419. The summed E-state index contributed by atoms with van der Waals surface area (Å²) in [5, 5.41) is 10.6. The van der Waals surface area contributed by atoms with Gasteiger partial charge in [-0.05, 0) is 67.6 Å². The summed E-state index contributed by atoms with van der Waals surface area (Å²) < 4.78 is 19.7. The number of aliphatic hydroxyl groups is 1. The van der Waals surface area contributed by atoms with Gasteiger partial charge in [-0.1, -0.05) is 60.7 Å². The predicted molar refractivity (Wildman–Crippen MR) is 132 cm³/mol. The number of Topliss-reactive ketones (excluding diaryl/α,β-unsaturated/α-hetero) is 1. The average Bonchev–Trinajstić information content (AvgIpc) is 2.88. The van der Waals surface area contributed by atoms with Crippen LogP contribution in [0.15, 0.2) is 78.9 Å². The molecule has 0 radical (unpaired) electrons. The first kappa shape index (κ1) is 24.1. The smallest absolute Gasteiger partial charge is 0.167 e. The molecule has 0 aromatic heterocycles. The van der Waals surface area contributed by atoms with Gasteiger partial charge in [0.2, 0.25) is 0 Å². The van der Waals surface area contributed by atoms with Crippen molar-refractivity contribution in [2.45, 2.75) is 37.7 Å². The molecule has 0 amide bonds. The lowest BCUT2D eigenvalue weighted by atomic mass is 9.89. The van der Waals surface area contributed by atoms with Crippen LogP contribution in [0.5, 0.6) is 5.75 Å². The minimum Gasteiger partial charge on any atom is -0.490 e. The number of aryl methyl sites for hydroxylation is 1. The Kier molecular flexibility index (Phi) is 8.45. The van der Waals surface area contributed by atoms with Crippen molar-refractivity contribution < 1.29 is 19.0 Å². The van der Waals surface area contributed by atoms with Gasteiger partial charge in [0.25, 0.3) is 0 Å². The van der Waals surface area contributed by atoms with Crippen LogP contribution in [0, 0.1) is 5.82 Å². The van der Waals surface area contributed by atoms with Crippen molar-refractivity contribution in [1.82, 2.24) is 4.90 Å². The number of β-amino-alcohol motifs (C(OH)–C–C–N with tert-alkyl or cyclic N) is 1. The Morgan fingerprint density at radius 2 is 1.68 bits per heavy atom. The largest absolute Gasteiger partial charge is 0.490 e. The molecule has 178 valence electrons. The van der Waals surface area contributed by atoms with Gasteiger partial charge in [0.15, 0.2) is 5.78 Å². The van der Waals surface area contributed by atoms with Crippen molar-refractivity contribution >= 4 is 5.78 Å². The van der Waals surface area contributed by atoms with Crippen molar-refractivity contribution in [3.63, 3.8) is 0 Å². The third kappa shape index (κ3) is 6.75. The molecular formula is C29H32FNO3. The van der Waals surface area contributed by atoms with Gasteiger partial charge in [0, 0.05) is 13.0 Å². The summed E-state index contributed by atoms with van der Waals surface area (Å²) in [5.41, 5.74) is 2.67. The second-order valence-electron chi connectivity index (χ2n) is 9.00. The second kappa shape index (κ2) is 11.9. The van der Waals surface area contributed by atoms with E-state index in [9.17, 15) is 14.3 Å². The zero-order valence-electron chi connectivity index (χ0n) is 19.4. The normalized spacial score (nSPS) is 15.7. The number of aliphatic hydroxyl groups excluding tert-OH is 1. The summed E-state index contributed by atoms with van der Waals surface area (Å²) >= 11 is 0. The zero-order valence-corrected chi connectivity index (χ0v) is 19.4. The van der Waals surface area contributed by atoms with Crippen LogP contribution in [-0.2, 0) is 6.42 Å². The van der Waals surface area contributed by atoms with E-state index in [-0.39, 0.29) is 24.4 Å². The third-order valence-electron chi connectivity index (χ3n) is 6.48. The number of likely N-dealkylation sites (tertiary alicyclic amines) is 1. The Bertz CT molecular complexity index is 1050. The molecule has 1 atom stereocenters. The fourth-order valence-electron chi connectivity index (χ4n) is 4.59. The minimum atomic E-state index is -0.689. The van der Waals surface area contributed by atoms with Crippen molar-refractivity contribution in [2.75, 3.05) is 26.2 Å². The van der Waals surface area contributed by atoms with Gasteiger partial charge in [0.05, 0.1) is 5.56 Å². The maximum atomic E-state index is 13.9. The molecule has 0 spiro atoms. The summed E-state index contributed by atoms with van der Waals surface area (Å²) in [6.07, 6.45) is 2.29. The van der Waals surface area contributed by atoms with Crippen molar-refractivity contribution in [3.8, 4) is 5.75 Å². The highest BCUT2D eigenvalue weighted by Gasteiger charge is 2.23. The zero-order chi connectivity index (χ0) is 23.8. The number of ether oxygens (including phenoxy) is 1. The maximum absolute atomic E-state index is 13.9. The van der Waals surface area contributed by atoms with Crippen molar-refractivity contribution in [2.24, 2.45) is 0 Å². The second-order valence-corrected chi connectivity index (χ2v) is 9.00. The molecule has 4 rings (SSSR count). The summed E-state index contributed by atoms with van der Waals surface area (Å²) in [5.74, 6) is 0.240. The summed E-state index contributed by atoms with van der Waals surface area (Å²) in [7, 11) is 0. The molecular weight excluding hydrogens is 429 g/mol. The number of nitrogens with zero attached hydrogens (tertiary/aromatic N) is 1. The fraction of sp³-hybridized carbons (Fsp3) is 0.345. The molecule has 5 heteroatoms. The molecule has 1 fully saturated rings. The Morgan fingerprint density at radius 3 is 2.38 bits per heavy atom. The van der Waals surface area contributed by atoms with E-state index >= 15 is 0 Å². The number of halogens is 1. The van der Waals surface area contributed by atoms with Crippen LogP contribution < -0.4 is 4.74 Å². The van der Waals surface area contributed by atoms with Gasteiger partial charge in [-0.2, -0.15) is 0 Å². The van der Waals surface area contributed by atoms with Crippen LogP contribution in [0.1, 0.15) is 46.7 Å². The number of carbonyl (C=O) groups is 1. The molecule has 1 N–H and O–H groups in total. The highest BCUT2D eigenvalue weighted by Crippen LogP contribution is 2.28. The SMILES string of the molecule is O=C(CCc1ccccc1)c1cc(F)ccc1OCC(O)CN1CCC(c2ccccc2)CC1.